The monoisotopic (exact) mass is 529 g/mol. The van der Waals surface area contributed by atoms with E-state index in [1.807, 2.05) is 39.0 Å². The molecule has 37 heavy (non-hydrogen) atoms. The lowest BCUT2D eigenvalue weighted by atomic mass is 9.79. The number of ether oxygens (including phenoxy) is 1. The third-order valence-electron chi connectivity index (χ3n) is 7.06. The molecule has 3 heterocycles. The molecule has 5 rings (SSSR count). The van der Waals surface area contributed by atoms with Crippen LogP contribution >= 0.6 is 11.6 Å². The highest BCUT2D eigenvalue weighted by molar-refractivity contribution is 6.30. The molecule has 0 radical (unpaired) electrons. The molecule has 1 aliphatic heterocycles. The van der Waals surface area contributed by atoms with Crippen molar-refractivity contribution in [2.24, 2.45) is 0 Å². The fraction of sp³-hybridized carbons (Fsp3) is 0.538. The van der Waals surface area contributed by atoms with E-state index in [0.29, 0.717) is 28.7 Å². The second-order valence-corrected chi connectivity index (χ2v) is 11.2. The first-order chi connectivity index (χ1) is 17.7. The van der Waals surface area contributed by atoms with Gasteiger partial charge in [0.05, 0.1) is 31.1 Å². The maximum absolute atomic E-state index is 13.0. The number of aliphatic hydroxyl groups is 2. The number of amides is 1. The van der Waals surface area contributed by atoms with Gasteiger partial charge in [0.15, 0.2) is 11.6 Å². The van der Waals surface area contributed by atoms with Gasteiger partial charge in [0.2, 0.25) is 0 Å². The van der Waals surface area contributed by atoms with E-state index in [9.17, 15) is 15.0 Å². The number of rotatable bonds is 4. The van der Waals surface area contributed by atoms with Gasteiger partial charge >= 0.3 is 6.09 Å². The number of halogens is 1. The molecule has 3 aromatic rings. The van der Waals surface area contributed by atoms with Crippen molar-refractivity contribution in [3.05, 3.63) is 57.5 Å². The van der Waals surface area contributed by atoms with Gasteiger partial charge < -0.3 is 19.5 Å². The molecule has 10 nitrogen and oxygen atoms in total. The maximum atomic E-state index is 13.0. The molecule has 1 aromatic carbocycles. The molecule has 0 atom stereocenters. The fourth-order valence-electron chi connectivity index (χ4n) is 5.34. The van der Waals surface area contributed by atoms with E-state index < -0.39 is 11.7 Å². The molecular weight excluding hydrogens is 498 g/mol. The Balaban J connectivity index is 1.42. The van der Waals surface area contributed by atoms with Gasteiger partial charge in [-0.15, -0.1) is 10.2 Å². The van der Waals surface area contributed by atoms with Crippen molar-refractivity contribution in [2.45, 2.75) is 90.2 Å². The summed E-state index contributed by atoms with van der Waals surface area (Å²) in [6.45, 7) is 5.66. The fourth-order valence-corrected chi connectivity index (χ4v) is 5.54. The third kappa shape index (κ3) is 5.10. The summed E-state index contributed by atoms with van der Waals surface area (Å²) >= 11 is 6.34. The number of aliphatic hydroxyl groups excluding tert-OH is 2. The molecule has 1 aliphatic carbocycles. The number of fused-ring (bicyclic) bond motifs is 3. The molecule has 0 spiro atoms. The summed E-state index contributed by atoms with van der Waals surface area (Å²) in [7, 11) is 0. The van der Waals surface area contributed by atoms with Crippen LogP contribution in [0.4, 0.5) is 4.79 Å². The second kappa shape index (κ2) is 10.1. The molecule has 2 N–H and O–H groups in total. The van der Waals surface area contributed by atoms with Gasteiger partial charge in [-0.2, -0.15) is 0 Å². The number of carbonyl (C=O) groups excluding carboxylic acids is 1. The Morgan fingerprint density at radius 3 is 2.51 bits per heavy atom. The first-order valence-electron chi connectivity index (χ1n) is 12.6. The summed E-state index contributed by atoms with van der Waals surface area (Å²) < 4.78 is 13.0. The van der Waals surface area contributed by atoms with Crippen LogP contribution in [0, 0.1) is 0 Å². The predicted octanol–water partition coefficient (Wildman–Crippen LogP) is 4.59. The Morgan fingerprint density at radius 1 is 1.11 bits per heavy atom. The van der Waals surface area contributed by atoms with Crippen molar-refractivity contribution >= 4 is 17.7 Å². The van der Waals surface area contributed by atoms with Crippen LogP contribution in [-0.4, -0.2) is 46.7 Å². The zero-order chi connectivity index (χ0) is 26.3. The molecule has 11 heteroatoms. The minimum atomic E-state index is -0.615. The summed E-state index contributed by atoms with van der Waals surface area (Å²) in [5, 5.41) is 33.1. The third-order valence-corrected chi connectivity index (χ3v) is 7.30. The van der Waals surface area contributed by atoms with Crippen molar-refractivity contribution < 1.29 is 24.3 Å². The number of carbonyl (C=O) groups is 1. The molecule has 0 unspecified atom stereocenters. The van der Waals surface area contributed by atoms with Crippen LogP contribution in [-0.2, 0) is 31.0 Å². The largest absolute Gasteiger partial charge is 0.444 e. The topological polar surface area (TPSA) is 127 Å². The van der Waals surface area contributed by atoms with Gasteiger partial charge in [0, 0.05) is 22.4 Å². The Bertz CT molecular complexity index is 1290. The van der Waals surface area contributed by atoms with E-state index in [0.717, 1.165) is 48.5 Å². The smallest absolute Gasteiger partial charge is 0.411 e. The van der Waals surface area contributed by atoms with Crippen molar-refractivity contribution in [1.29, 1.82) is 0 Å². The van der Waals surface area contributed by atoms with Crippen molar-refractivity contribution in [3.8, 4) is 5.69 Å². The van der Waals surface area contributed by atoms with Crippen LogP contribution in [0.1, 0.15) is 92.5 Å². The van der Waals surface area contributed by atoms with Gasteiger partial charge in [-0.05, 0) is 70.2 Å². The molecule has 1 amide bonds. The number of benzene rings is 1. The minimum Gasteiger partial charge on any atom is -0.444 e. The van der Waals surface area contributed by atoms with Crippen molar-refractivity contribution in [3.63, 3.8) is 0 Å². The summed E-state index contributed by atoms with van der Waals surface area (Å²) in [5.74, 6) is 2.17. The van der Waals surface area contributed by atoms with Gasteiger partial charge in [-0.1, -0.05) is 16.8 Å². The lowest BCUT2D eigenvalue weighted by Crippen LogP contribution is -2.35. The second-order valence-electron chi connectivity index (χ2n) is 10.8. The Kier molecular flexibility index (Phi) is 6.99. The predicted molar refractivity (Wildman–Crippen MR) is 134 cm³/mol. The SMILES string of the molecule is CC(C)(C)OC(=O)N1Cc2cc(Cl)ccc2-n2c(nnc2[C@H]2CC[C@H](c3noc(CO)c3CO)CC2)C1. The standard InChI is InChI=1S/C26H32ClN5O5/c1-26(2,3)36-25(35)31-11-17-10-18(27)8-9-20(17)32-22(12-31)28-29-24(32)16-6-4-15(5-7-16)23-19(13-33)21(14-34)37-30-23/h8-10,15-16,33-34H,4-7,11-14H2,1-3H3/t15-,16-. The molecule has 2 aromatic heterocycles. The normalized spacial score (nSPS) is 19.8. The lowest BCUT2D eigenvalue weighted by Gasteiger charge is -2.27. The highest BCUT2D eigenvalue weighted by atomic mass is 35.5. The zero-order valence-corrected chi connectivity index (χ0v) is 22.0. The summed E-state index contributed by atoms with van der Waals surface area (Å²) in [4.78, 5) is 14.6. The molecular formula is C26H32ClN5O5. The van der Waals surface area contributed by atoms with E-state index in [4.69, 9.17) is 20.9 Å². The zero-order valence-electron chi connectivity index (χ0n) is 21.3. The van der Waals surface area contributed by atoms with Gasteiger partial charge in [-0.25, -0.2) is 4.79 Å². The molecule has 2 aliphatic rings. The van der Waals surface area contributed by atoms with Crippen LogP contribution in [0.3, 0.4) is 0 Å². The van der Waals surface area contributed by atoms with Crippen molar-refractivity contribution in [1.82, 2.24) is 24.8 Å². The Labute approximate surface area is 220 Å². The molecule has 1 fully saturated rings. The van der Waals surface area contributed by atoms with Crippen LogP contribution in [0.15, 0.2) is 22.7 Å². The van der Waals surface area contributed by atoms with E-state index in [-0.39, 0.29) is 31.6 Å². The van der Waals surface area contributed by atoms with Crippen LogP contribution < -0.4 is 0 Å². The van der Waals surface area contributed by atoms with Gasteiger partial charge in [0.1, 0.15) is 18.0 Å². The van der Waals surface area contributed by atoms with Gasteiger partial charge in [0.25, 0.3) is 0 Å². The average molecular weight is 530 g/mol. The summed E-state index contributed by atoms with van der Waals surface area (Å²) in [6.07, 6.45) is 2.98. The highest BCUT2D eigenvalue weighted by Gasteiger charge is 2.34. The Hall–Kier alpha value is -2.95. The summed E-state index contributed by atoms with van der Waals surface area (Å²) in [6, 6.07) is 5.68. The number of nitrogens with zero attached hydrogens (tertiary/aromatic N) is 5. The molecule has 1 saturated carbocycles. The summed E-state index contributed by atoms with van der Waals surface area (Å²) in [5.41, 5.74) is 2.53. The quantitative estimate of drug-likeness (QED) is 0.502. The minimum absolute atomic E-state index is 0.141. The molecule has 0 saturated heterocycles. The van der Waals surface area contributed by atoms with E-state index >= 15 is 0 Å². The van der Waals surface area contributed by atoms with Crippen molar-refractivity contribution in [2.75, 3.05) is 0 Å². The Morgan fingerprint density at radius 2 is 1.84 bits per heavy atom. The highest BCUT2D eigenvalue weighted by Crippen LogP contribution is 2.42. The van der Waals surface area contributed by atoms with Crippen LogP contribution in [0.5, 0.6) is 0 Å². The number of aromatic nitrogens is 4. The first-order valence-corrected chi connectivity index (χ1v) is 13.0. The molecule has 198 valence electrons. The number of hydrogen-bond donors (Lipinski definition) is 2. The van der Waals surface area contributed by atoms with Crippen LogP contribution in [0.25, 0.3) is 5.69 Å². The lowest BCUT2D eigenvalue weighted by molar-refractivity contribution is 0.0214. The van der Waals surface area contributed by atoms with E-state index in [1.54, 1.807) is 4.90 Å². The van der Waals surface area contributed by atoms with E-state index in [1.165, 1.54) is 0 Å². The number of hydrogen-bond acceptors (Lipinski definition) is 8. The maximum Gasteiger partial charge on any atom is 0.411 e. The average Bonchev–Trinajstić information content (AvgIpc) is 3.43. The van der Waals surface area contributed by atoms with Gasteiger partial charge in [-0.3, -0.25) is 9.47 Å². The van der Waals surface area contributed by atoms with E-state index in [2.05, 4.69) is 19.9 Å². The first kappa shape index (κ1) is 25.7. The van der Waals surface area contributed by atoms with Crippen LogP contribution in [0.2, 0.25) is 5.02 Å². The molecule has 0 bridgehead atoms.